The second-order valence-corrected chi connectivity index (χ2v) is 3.59. The highest BCUT2D eigenvalue weighted by molar-refractivity contribution is 6.69. The Morgan fingerprint density at radius 2 is 1.75 bits per heavy atom. The molecule has 0 unspecified atom stereocenters. The van der Waals surface area contributed by atoms with E-state index in [4.69, 9.17) is 46.4 Å². The van der Waals surface area contributed by atoms with Gasteiger partial charge in [-0.05, 0) is 23.7 Å². The fraction of sp³-hybridized carbons (Fsp3) is 0. The summed E-state index contributed by atoms with van der Waals surface area (Å²) in [5.74, 6) is 0. The van der Waals surface area contributed by atoms with Crippen molar-refractivity contribution in [2.24, 2.45) is 0 Å². The third-order valence-electron chi connectivity index (χ3n) is 1.20. The topological polar surface area (TPSA) is 17.1 Å². The Bertz CT molecular complexity index is 334. The van der Waals surface area contributed by atoms with Gasteiger partial charge in [0.05, 0.1) is 15.6 Å². The lowest BCUT2D eigenvalue weighted by molar-refractivity contribution is 0.108. The van der Waals surface area contributed by atoms with Gasteiger partial charge in [0.15, 0.2) is 0 Å². The van der Waals surface area contributed by atoms with E-state index < -0.39 is 5.24 Å². The van der Waals surface area contributed by atoms with Crippen LogP contribution in [0.3, 0.4) is 0 Å². The maximum Gasteiger partial charge on any atom is 0.254 e. The number of carbonyl (C=O) groups excluding carboxylic acids is 1. The summed E-state index contributed by atoms with van der Waals surface area (Å²) in [7, 11) is 0. The first-order valence-corrected chi connectivity index (χ1v) is 4.38. The van der Waals surface area contributed by atoms with E-state index in [0.29, 0.717) is 5.02 Å². The van der Waals surface area contributed by atoms with E-state index in [0.717, 1.165) is 0 Å². The minimum atomic E-state index is -0.676. The molecular weight excluding hydrogens is 242 g/mol. The maximum absolute atomic E-state index is 10.7. The molecule has 0 atom stereocenters. The second kappa shape index (κ2) is 3.84. The second-order valence-electron chi connectivity index (χ2n) is 2.02. The van der Waals surface area contributed by atoms with Crippen LogP contribution in [0.5, 0.6) is 0 Å². The zero-order chi connectivity index (χ0) is 9.30. The summed E-state index contributed by atoms with van der Waals surface area (Å²) in [4.78, 5) is 10.7. The predicted molar refractivity (Wildman–Crippen MR) is 51.7 cm³/mol. The lowest BCUT2D eigenvalue weighted by Crippen LogP contribution is -1.90. The van der Waals surface area contributed by atoms with Gasteiger partial charge >= 0.3 is 0 Å². The molecule has 1 nitrogen and oxygen atoms in total. The molecule has 0 aliphatic rings. The summed E-state index contributed by atoms with van der Waals surface area (Å²) in [6, 6.07) is 2.81. The van der Waals surface area contributed by atoms with Gasteiger partial charge in [0.25, 0.3) is 5.24 Å². The van der Waals surface area contributed by atoms with E-state index in [1.807, 2.05) is 0 Å². The Balaban J connectivity index is 3.37. The number of halogens is 4. The van der Waals surface area contributed by atoms with Gasteiger partial charge in [-0.25, -0.2) is 0 Å². The zero-order valence-electron chi connectivity index (χ0n) is 5.57. The van der Waals surface area contributed by atoms with Crippen molar-refractivity contribution in [3.05, 3.63) is 32.8 Å². The molecule has 0 aliphatic carbocycles. The lowest BCUT2D eigenvalue weighted by Gasteiger charge is -2.01. The Morgan fingerprint density at radius 3 is 2.25 bits per heavy atom. The van der Waals surface area contributed by atoms with Crippen molar-refractivity contribution >= 4 is 51.6 Å². The predicted octanol–water partition coefficient (Wildman–Crippen LogP) is 4.03. The first kappa shape index (κ1) is 10.1. The molecule has 1 rings (SSSR count). The first-order chi connectivity index (χ1) is 5.52. The van der Waals surface area contributed by atoms with E-state index in [-0.39, 0.29) is 15.6 Å². The molecule has 0 fully saturated rings. The zero-order valence-corrected chi connectivity index (χ0v) is 8.60. The van der Waals surface area contributed by atoms with Crippen molar-refractivity contribution in [1.29, 1.82) is 0 Å². The van der Waals surface area contributed by atoms with Gasteiger partial charge in [0, 0.05) is 5.02 Å². The van der Waals surface area contributed by atoms with Gasteiger partial charge in [-0.2, -0.15) is 0 Å². The van der Waals surface area contributed by atoms with Crippen LogP contribution in [0, 0.1) is 0 Å². The van der Waals surface area contributed by atoms with Crippen LogP contribution in [0.4, 0.5) is 0 Å². The van der Waals surface area contributed by atoms with Gasteiger partial charge < -0.3 is 0 Å². The largest absolute Gasteiger partial charge is 0.276 e. The molecular formula is C7H2Cl4O. The van der Waals surface area contributed by atoms with Gasteiger partial charge in [-0.3, -0.25) is 4.79 Å². The molecule has 64 valence electrons. The third kappa shape index (κ3) is 2.05. The highest BCUT2D eigenvalue weighted by Gasteiger charge is 2.11. The minimum Gasteiger partial charge on any atom is -0.276 e. The van der Waals surface area contributed by atoms with Crippen LogP contribution < -0.4 is 0 Å². The lowest BCUT2D eigenvalue weighted by atomic mass is 10.2. The van der Waals surface area contributed by atoms with Crippen molar-refractivity contribution in [1.82, 2.24) is 0 Å². The molecule has 1 aromatic carbocycles. The van der Waals surface area contributed by atoms with Crippen LogP contribution in [0.15, 0.2) is 12.1 Å². The van der Waals surface area contributed by atoms with E-state index in [1.54, 1.807) is 0 Å². The fourth-order valence-corrected chi connectivity index (χ4v) is 1.58. The van der Waals surface area contributed by atoms with Crippen LogP contribution in [0.25, 0.3) is 0 Å². The average molecular weight is 244 g/mol. The van der Waals surface area contributed by atoms with Crippen LogP contribution in [0.2, 0.25) is 15.1 Å². The average Bonchev–Trinajstić information content (AvgIpc) is 1.96. The number of benzene rings is 1. The molecule has 1 aromatic rings. The fourth-order valence-electron chi connectivity index (χ4n) is 0.699. The molecule has 5 heteroatoms. The smallest absolute Gasteiger partial charge is 0.254 e. The molecule has 0 N–H and O–H groups in total. The number of hydrogen-bond acceptors (Lipinski definition) is 1. The maximum atomic E-state index is 10.7. The van der Waals surface area contributed by atoms with Crippen LogP contribution >= 0.6 is 46.4 Å². The first-order valence-electron chi connectivity index (χ1n) is 2.86. The Kier molecular flexibility index (Phi) is 3.24. The molecule has 0 saturated heterocycles. The summed E-state index contributed by atoms with van der Waals surface area (Å²) in [5.41, 5.74) is 0.121. The van der Waals surface area contributed by atoms with Gasteiger partial charge in [-0.1, -0.05) is 34.8 Å². The summed E-state index contributed by atoms with van der Waals surface area (Å²) >= 11 is 22.1. The highest BCUT2D eigenvalue weighted by atomic mass is 35.5. The summed E-state index contributed by atoms with van der Waals surface area (Å²) in [6.07, 6.45) is 0. The van der Waals surface area contributed by atoms with Gasteiger partial charge in [-0.15, -0.1) is 0 Å². The molecule has 12 heavy (non-hydrogen) atoms. The summed E-state index contributed by atoms with van der Waals surface area (Å²) in [5, 5.41) is -0.00738. The SMILES string of the molecule is O=C(Cl)c1cc(Cl)cc(Cl)c1Cl. The van der Waals surface area contributed by atoms with Crippen molar-refractivity contribution in [2.75, 3.05) is 0 Å². The number of rotatable bonds is 1. The summed E-state index contributed by atoms with van der Waals surface area (Å²) < 4.78 is 0. The normalized spacial score (nSPS) is 10.0. The number of carbonyl (C=O) groups is 1. The third-order valence-corrected chi connectivity index (χ3v) is 2.43. The van der Waals surface area contributed by atoms with Crippen molar-refractivity contribution in [3.63, 3.8) is 0 Å². The summed E-state index contributed by atoms with van der Waals surface area (Å²) in [6.45, 7) is 0. The standard InChI is InChI=1S/C7H2Cl4O/c8-3-1-4(7(11)12)6(10)5(9)2-3/h1-2H. The van der Waals surface area contributed by atoms with Gasteiger partial charge in [0.1, 0.15) is 0 Å². The molecule has 0 aliphatic heterocycles. The molecule has 0 radical (unpaired) electrons. The molecule has 0 spiro atoms. The molecule has 0 aromatic heterocycles. The van der Waals surface area contributed by atoms with E-state index >= 15 is 0 Å². The molecule has 0 heterocycles. The molecule has 0 bridgehead atoms. The Labute approximate surface area is 89.2 Å². The van der Waals surface area contributed by atoms with Crippen molar-refractivity contribution in [3.8, 4) is 0 Å². The van der Waals surface area contributed by atoms with Crippen molar-refractivity contribution < 1.29 is 4.79 Å². The Hall–Kier alpha value is 0.0500. The van der Waals surface area contributed by atoms with Crippen LogP contribution in [-0.4, -0.2) is 5.24 Å². The van der Waals surface area contributed by atoms with Gasteiger partial charge in [0.2, 0.25) is 0 Å². The van der Waals surface area contributed by atoms with E-state index in [1.165, 1.54) is 12.1 Å². The van der Waals surface area contributed by atoms with Crippen molar-refractivity contribution in [2.45, 2.75) is 0 Å². The molecule has 0 saturated carbocycles. The minimum absolute atomic E-state index is 0.121. The van der Waals surface area contributed by atoms with E-state index in [2.05, 4.69) is 0 Å². The molecule has 0 amide bonds. The van der Waals surface area contributed by atoms with Crippen LogP contribution in [0.1, 0.15) is 10.4 Å². The quantitative estimate of drug-likeness (QED) is 0.538. The monoisotopic (exact) mass is 242 g/mol. The number of hydrogen-bond donors (Lipinski definition) is 0. The van der Waals surface area contributed by atoms with E-state index in [9.17, 15) is 4.79 Å². The highest BCUT2D eigenvalue weighted by Crippen LogP contribution is 2.30. The van der Waals surface area contributed by atoms with Crippen LogP contribution in [-0.2, 0) is 0 Å². The Morgan fingerprint density at radius 1 is 1.17 bits per heavy atom.